The van der Waals surface area contributed by atoms with Crippen LogP contribution in [0.5, 0.6) is 0 Å². The van der Waals surface area contributed by atoms with Gasteiger partial charge in [-0.25, -0.2) is 13.1 Å². The van der Waals surface area contributed by atoms with E-state index >= 15 is 0 Å². The topological polar surface area (TPSA) is 84.6 Å². The van der Waals surface area contributed by atoms with Crippen LogP contribution in [0.3, 0.4) is 0 Å². The van der Waals surface area contributed by atoms with E-state index in [-0.39, 0.29) is 33.1 Å². The second-order valence-corrected chi connectivity index (χ2v) is 11.5. The number of hydrogen-bond donors (Lipinski definition) is 0. The van der Waals surface area contributed by atoms with Gasteiger partial charge in [0.15, 0.2) is 0 Å². The van der Waals surface area contributed by atoms with Crippen LogP contribution in [0.4, 0.5) is 5.69 Å². The largest absolute Gasteiger partial charge is 0.336 e. The lowest BCUT2D eigenvalue weighted by Gasteiger charge is -2.35. The number of sulfonamides is 1. The minimum Gasteiger partial charge on any atom is -0.336 e. The molecule has 1 atom stereocenters. The number of carbonyl (C=O) groups excluding carboxylic acids is 1. The second kappa shape index (κ2) is 10.1. The number of nitrogens with zero attached hydrogens (tertiary/aromatic N) is 4. The molecule has 8 nitrogen and oxygen atoms in total. The lowest BCUT2D eigenvalue weighted by atomic mass is 9.99. The molecule has 1 amide bonds. The summed E-state index contributed by atoms with van der Waals surface area (Å²) in [7, 11) is -1.11. The number of para-hydroxylation sites is 1. The molecule has 0 bridgehead atoms. The normalized spacial score (nSPS) is 16.2. The number of piperidine rings is 1. The zero-order valence-electron chi connectivity index (χ0n) is 20.9. The van der Waals surface area contributed by atoms with Gasteiger partial charge in [0.2, 0.25) is 0 Å². The summed E-state index contributed by atoms with van der Waals surface area (Å²) in [4.78, 5) is 28.5. The van der Waals surface area contributed by atoms with Crippen molar-refractivity contribution in [3.8, 4) is 5.69 Å². The summed E-state index contributed by atoms with van der Waals surface area (Å²) < 4.78 is 31.4. The van der Waals surface area contributed by atoms with E-state index in [1.807, 2.05) is 25.1 Å². The van der Waals surface area contributed by atoms with Gasteiger partial charge < -0.3 is 4.90 Å². The molecule has 1 fully saturated rings. The summed E-state index contributed by atoms with van der Waals surface area (Å²) in [6, 6.07) is 13.2. The third-order valence-electron chi connectivity index (χ3n) is 7.02. The Balaban J connectivity index is 1.75. The zero-order valence-corrected chi connectivity index (χ0v) is 22.5. The van der Waals surface area contributed by atoms with Crippen molar-refractivity contribution in [2.75, 3.05) is 17.9 Å². The third-order valence-corrected chi connectivity index (χ3v) is 9.11. The van der Waals surface area contributed by atoms with E-state index in [1.54, 1.807) is 35.7 Å². The van der Waals surface area contributed by atoms with Crippen LogP contribution in [0.1, 0.15) is 48.7 Å². The first-order valence-electron chi connectivity index (χ1n) is 12.0. The predicted molar refractivity (Wildman–Crippen MR) is 142 cm³/mol. The SMILES string of the molecule is CCC1CCCCN1C(=O)c1cc(S(=O)(=O)N(C)c2c(C)n(C)n(-c3ccccc3)c2=O)ccc1Cl. The third kappa shape index (κ3) is 4.46. The van der Waals surface area contributed by atoms with Gasteiger partial charge in [0.25, 0.3) is 21.5 Å². The predicted octanol–water partition coefficient (Wildman–Crippen LogP) is 4.37. The molecule has 0 spiro atoms. The molecule has 2 heterocycles. The van der Waals surface area contributed by atoms with Crippen LogP contribution in [0.25, 0.3) is 5.69 Å². The van der Waals surface area contributed by atoms with Crippen molar-refractivity contribution in [1.82, 2.24) is 14.3 Å². The molecular weight excluding hydrogens is 500 g/mol. The van der Waals surface area contributed by atoms with E-state index in [0.717, 1.165) is 30.0 Å². The Kier molecular flexibility index (Phi) is 7.33. The van der Waals surface area contributed by atoms with Crippen molar-refractivity contribution >= 4 is 33.2 Å². The van der Waals surface area contributed by atoms with Gasteiger partial charge in [-0.05, 0) is 62.9 Å². The first-order valence-corrected chi connectivity index (χ1v) is 13.8. The Morgan fingerprint density at radius 1 is 1.14 bits per heavy atom. The number of halogens is 1. The fraction of sp³-hybridized carbons (Fsp3) is 0.385. The molecule has 192 valence electrons. The number of amides is 1. The van der Waals surface area contributed by atoms with E-state index < -0.39 is 15.6 Å². The van der Waals surface area contributed by atoms with E-state index in [4.69, 9.17) is 11.6 Å². The number of carbonyl (C=O) groups is 1. The highest BCUT2D eigenvalue weighted by Gasteiger charge is 2.32. The maximum Gasteiger partial charge on any atom is 0.296 e. The number of aromatic nitrogens is 2. The van der Waals surface area contributed by atoms with Gasteiger partial charge in [-0.1, -0.05) is 36.7 Å². The van der Waals surface area contributed by atoms with Gasteiger partial charge in [-0.15, -0.1) is 0 Å². The summed E-state index contributed by atoms with van der Waals surface area (Å²) in [6.07, 6.45) is 3.71. The van der Waals surface area contributed by atoms with Crippen LogP contribution in [0.15, 0.2) is 58.2 Å². The van der Waals surface area contributed by atoms with Crippen LogP contribution >= 0.6 is 11.6 Å². The van der Waals surface area contributed by atoms with E-state index in [9.17, 15) is 18.0 Å². The number of hydrogen-bond acceptors (Lipinski definition) is 4. The highest BCUT2D eigenvalue weighted by Crippen LogP contribution is 2.29. The summed E-state index contributed by atoms with van der Waals surface area (Å²) >= 11 is 6.38. The molecule has 1 aromatic heterocycles. The monoisotopic (exact) mass is 530 g/mol. The summed E-state index contributed by atoms with van der Waals surface area (Å²) in [5, 5.41) is 0.198. The van der Waals surface area contributed by atoms with Crippen molar-refractivity contribution in [3.63, 3.8) is 0 Å². The lowest BCUT2D eigenvalue weighted by Crippen LogP contribution is -2.43. The van der Waals surface area contributed by atoms with E-state index in [1.165, 1.54) is 29.9 Å². The molecule has 36 heavy (non-hydrogen) atoms. The van der Waals surface area contributed by atoms with Crippen LogP contribution in [0, 0.1) is 6.92 Å². The van der Waals surface area contributed by atoms with Crippen LogP contribution in [-0.4, -0.2) is 48.2 Å². The van der Waals surface area contributed by atoms with E-state index in [2.05, 4.69) is 0 Å². The summed E-state index contributed by atoms with van der Waals surface area (Å²) in [5.41, 5.74) is 0.830. The maximum atomic E-state index is 13.7. The lowest BCUT2D eigenvalue weighted by molar-refractivity contribution is 0.0608. The standard InChI is InChI=1S/C26H31ClN4O4S/c1-5-19-11-9-10-16-30(19)25(32)22-17-21(14-15-23(22)27)36(34,35)29(4)24-18(2)28(3)31(26(24)33)20-12-7-6-8-13-20/h6-8,12-15,17,19H,5,9-11,16H2,1-4H3. The second-order valence-electron chi connectivity index (χ2n) is 9.08. The average Bonchev–Trinajstić information content (AvgIpc) is 3.11. The van der Waals surface area contributed by atoms with Crippen molar-refractivity contribution < 1.29 is 13.2 Å². The van der Waals surface area contributed by atoms with Crippen molar-refractivity contribution in [2.45, 2.75) is 50.5 Å². The Hall–Kier alpha value is -3.04. The molecule has 1 unspecified atom stereocenters. The minimum atomic E-state index is -4.17. The first kappa shape index (κ1) is 26.0. The Bertz CT molecular complexity index is 1450. The number of likely N-dealkylation sites (tertiary alicyclic amines) is 1. The molecule has 1 saturated heterocycles. The van der Waals surface area contributed by atoms with Gasteiger partial charge in [-0.2, -0.15) is 0 Å². The van der Waals surface area contributed by atoms with E-state index in [0.29, 0.717) is 17.9 Å². The number of rotatable bonds is 6. The molecule has 0 aliphatic carbocycles. The maximum absolute atomic E-state index is 13.7. The molecule has 2 aromatic carbocycles. The first-order chi connectivity index (χ1) is 17.1. The van der Waals surface area contributed by atoms with Gasteiger partial charge in [0.05, 0.1) is 26.9 Å². The molecule has 0 saturated carbocycles. The number of anilines is 1. The fourth-order valence-corrected chi connectivity index (χ4v) is 6.34. The zero-order chi connectivity index (χ0) is 26.2. The minimum absolute atomic E-state index is 0.0336. The molecule has 10 heteroatoms. The van der Waals surface area contributed by atoms with Crippen LogP contribution < -0.4 is 9.86 Å². The quantitative estimate of drug-likeness (QED) is 0.474. The highest BCUT2D eigenvalue weighted by atomic mass is 35.5. The van der Waals surface area contributed by atoms with Crippen molar-refractivity contribution in [3.05, 3.63) is 75.2 Å². The molecule has 4 rings (SSSR count). The van der Waals surface area contributed by atoms with Gasteiger partial charge >= 0.3 is 0 Å². The smallest absolute Gasteiger partial charge is 0.296 e. The average molecular weight is 531 g/mol. The molecule has 1 aliphatic heterocycles. The molecular formula is C26H31ClN4O4S. The molecule has 3 aromatic rings. The Morgan fingerprint density at radius 2 is 1.83 bits per heavy atom. The molecule has 0 radical (unpaired) electrons. The van der Waals surface area contributed by atoms with Crippen LogP contribution in [-0.2, 0) is 17.1 Å². The van der Waals surface area contributed by atoms with Crippen LogP contribution in [0.2, 0.25) is 5.02 Å². The van der Waals surface area contributed by atoms with Crippen molar-refractivity contribution in [2.24, 2.45) is 7.05 Å². The van der Waals surface area contributed by atoms with Crippen molar-refractivity contribution in [1.29, 1.82) is 0 Å². The fourth-order valence-electron chi connectivity index (χ4n) is 4.87. The van der Waals surface area contributed by atoms with Gasteiger partial charge in [0.1, 0.15) is 5.69 Å². The Morgan fingerprint density at radius 3 is 2.50 bits per heavy atom. The van der Waals surface area contributed by atoms with Gasteiger partial charge in [-0.3, -0.25) is 18.6 Å². The number of benzene rings is 2. The Labute approximate surface area is 216 Å². The molecule has 1 aliphatic rings. The summed E-state index contributed by atoms with van der Waals surface area (Å²) in [6.45, 7) is 4.35. The van der Waals surface area contributed by atoms with Gasteiger partial charge in [0, 0.05) is 26.7 Å². The summed E-state index contributed by atoms with van der Waals surface area (Å²) in [5.74, 6) is -0.270. The molecule has 0 N–H and O–H groups in total. The highest BCUT2D eigenvalue weighted by molar-refractivity contribution is 7.92.